The topological polar surface area (TPSA) is 64.9 Å². The van der Waals surface area contributed by atoms with Crippen LogP contribution in [0.3, 0.4) is 0 Å². The highest BCUT2D eigenvalue weighted by Gasteiger charge is 2.10. The Hall–Kier alpha value is -2.76. The van der Waals surface area contributed by atoms with Gasteiger partial charge >= 0.3 is 0 Å². The largest absolute Gasteiger partial charge is 0.399 e. The highest BCUT2D eigenvalue weighted by Crippen LogP contribution is 2.19. The molecule has 106 valence electrons. The molecule has 1 heterocycles. The van der Waals surface area contributed by atoms with E-state index < -0.39 is 11.6 Å². The van der Waals surface area contributed by atoms with Crippen molar-refractivity contribution in [1.82, 2.24) is 10.1 Å². The molecule has 21 heavy (non-hydrogen) atoms. The molecule has 0 atom stereocenters. The summed E-state index contributed by atoms with van der Waals surface area (Å²) >= 11 is 0. The van der Waals surface area contributed by atoms with E-state index in [0.717, 1.165) is 17.7 Å². The van der Waals surface area contributed by atoms with Crippen LogP contribution in [0.25, 0.3) is 11.4 Å². The summed E-state index contributed by atoms with van der Waals surface area (Å²) in [6.07, 6.45) is 0.235. The van der Waals surface area contributed by atoms with Gasteiger partial charge in [-0.05, 0) is 42.0 Å². The molecular formula is C15H11F2N3O. The van der Waals surface area contributed by atoms with E-state index in [1.165, 1.54) is 6.07 Å². The summed E-state index contributed by atoms with van der Waals surface area (Å²) in [4.78, 5) is 4.22. The molecule has 0 bridgehead atoms. The zero-order chi connectivity index (χ0) is 14.8. The molecule has 1 aromatic heterocycles. The van der Waals surface area contributed by atoms with Gasteiger partial charge < -0.3 is 10.3 Å². The lowest BCUT2D eigenvalue weighted by Crippen LogP contribution is -1.92. The molecular weight excluding hydrogens is 276 g/mol. The molecule has 2 N–H and O–H groups in total. The first-order chi connectivity index (χ1) is 10.1. The smallest absolute Gasteiger partial charge is 0.231 e. The van der Waals surface area contributed by atoms with Gasteiger partial charge in [-0.1, -0.05) is 11.2 Å². The number of rotatable bonds is 3. The van der Waals surface area contributed by atoms with Crippen molar-refractivity contribution in [3.05, 3.63) is 65.6 Å². The number of nitrogens with zero attached hydrogens (tertiary/aromatic N) is 2. The zero-order valence-corrected chi connectivity index (χ0v) is 10.9. The first-order valence-corrected chi connectivity index (χ1v) is 6.24. The normalized spacial score (nSPS) is 10.8. The van der Waals surface area contributed by atoms with Crippen molar-refractivity contribution >= 4 is 5.69 Å². The molecule has 0 fully saturated rings. The Morgan fingerprint density at radius 1 is 1.00 bits per heavy atom. The maximum Gasteiger partial charge on any atom is 0.231 e. The monoisotopic (exact) mass is 287 g/mol. The van der Waals surface area contributed by atoms with Crippen molar-refractivity contribution in [2.75, 3.05) is 5.73 Å². The predicted octanol–water partition coefficient (Wildman–Crippen LogP) is 3.19. The summed E-state index contributed by atoms with van der Waals surface area (Å²) < 4.78 is 31.1. The van der Waals surface area contributed by atoms with Gasteiger partial charge in [-0.25, -0.2) is 8.78 Å². The molecule has 0 aliphatic rings. The third kappa shape index (κ3) is 2.89. The molecule has 6 heteroatoms. The maximum atomic E-state index is 13.1. The first-order valence-electron chi connectivity index (χ1n) is 6.24. The van der Waals surface area contributed by atoms with E-state index in [1.54, 1.807) is 24.3 Å². The third-order valence-corrected chi connectivity index (χ3v) is 2.98. The van der Waals surface area contributed by atoms with Gasteiger partial charge in [0.1, 0.15) is 0 Å². The van der Waals surface area contributed by atoms with Gasteiger partial charge in [0.15, 0.2) is 11.6 Å². The molecule has 0 spiro atoms. The summed E-state index contributed by atoms with van der Waals surface area (Å²) in [6.45, 7) is 0. The van der Waals surface area contributed by atoms with E-state index in [1.807, 2.05) is 0 Å². The quantitative estimate of drug-likeness (QED) is 0.751. The number of hydrogen-bond donors (Lipinski definition) is 1. The van der Waals surface area contributed by atoms with Crippen LogP contribution in [0.4, 0.5) is 14.5 Å². The molecule has 0 aliphatic heterocycles. The highest BCUT2D eigenvalue weighted by molar-refractivity contribution is 5.58. The second-order valence-electron chi connectivity index (χ2n) is 4.56. The van der Waals surface area contributed by atoms with Crippen molar-refractivity contribution < 1.29 is 13.3 Å². The summed E-state index contributed by atoms with van der Waals surface area (Å²) in [5.41, 5.74) is 7.58. The van der Waals surface area contributed by atoms with E-state index in [2.05, 4.69) is 10.1 Å². The third-order valence-electron chi connectivity index (χ3n) is 2.98. The van der Waals surface area contributed by atoms with E-state index in [9.17, 15) is 8.78 Å². The van der Waals surface area contributed by atoms with Gasteiger partial charge in [0.2, 0.25) is 11.7 Å². The average molecular weight is 287 g/mol. The first kappa shape index (κ1) is 13.2. The lowest BCUT2D eigenvalue weighted by Gasteiger charge is -1.98. The Bertz CT molecular complexity index is 769. The molecule has 0 saturated heterocycles. The van der Waals surface area contributed by atoms with Crippen molar-refractivity contribution in [1.29, 1.82) is 0 Å². The van der Waals surface area contributed by atoms with E-state index in [-0.39, 0.29) is 6.42 Å². The summed E-state index contributed by atoms with van der Waals surface area (Å²) in [6, 6.07) is 10.7. The van der Waals surface area contributed by atoms with Crippen LogP contribution in [0.1, 0.15) is 11.5 Å². The Kier molecular flexibility index (Phi) is 3.35. The predicted molar refractivity (Wildman–Crippen MR) is 73.3 cm³/mol. The molecule has 0 radical (unpaired) electrons. The van der Waals surface area contributed by atoms with Gasteiger partial charge in [-0.2, -0.15) is 4.98 Å². The van der Waals surface area contributed by atoms with Gasteiger partial charge in [-0.15, -0.1) is 0 Å². The van der Waals surface area contributed by atoms with Crippen molar-refractivity contribution in [3.8, 4) is 11.4 Å². The second kappa shape index (κ2) is 5.32. The standard InChI is InChI=1S/C15H11F2N3O/c16-12-6-1-9(7-13(12)17)8-14-19-15(20-21-14)10-2-4-11(18)5-3-10/h1-7H,8,18H2. The fourth-order valence-electron chi connectivity index (χ4n) is 1.90. The van der Waals surface area contributed by atoms with Crippen molar-refractivity contribution in [3.63, 3.8) is 0 Å². The van der Waals surface area contributed by atoms with Crippen LogP contribution in [-0.4, -0.2) is 10.1 Å². The summed E-state index contributed by atoms with van der Waals surface area (Å²) in [5.74, 6) is -1.03. The minimum absolute atomic E-state index is 0.235. The zero-order valence-electron chi connectivity index (χ0n) is 10.9. The minimum Gasteiger partial charge on any atom is -0.399 e. The number of nitrogens with two attached hydrogens (primary N) is 1. The summed E-state index contributed by atoms with van der Waals surface area (Å²) in [5, 5.41) is 3.86. The minimum atomic E-state index is -0.897. The number of anilines is 1. The Morgan fingerprint density at radius 2 is 1.76 bits per heavy atom. The van der Waals surface area contributed by atoms with Crippen LogP contribution >= 0.6 is 0 Å². The van der Waals surface area contributed by atoms with Gasteiger partial charge in [0.05, 0.1) is 6.42 Å². The molecule has 0 unspecified atom stereocenters. The van der Waals surface area contributed by atoms with Crippen molar-refractivity contribution in [2.24, 2.45) is 0 Å². The van der Waals surface area contributed by atoms with E-state index >= 15 is 0 Å². The Morgan fingerprint density at radius 3 is 2.48 bits per heavy atom. The number of nitrogen functional groups attached to an aromatic ring is 1. The summed E-state index contributed by atoms with van der Waals surface area (Å²) in [7, 11) is 0. The van der Waals surface area contributed by atoms with Gasteiger partial charge in [0.25, 0.3) is 0 Å². The lowest BCUT2D eigenvalue weighted by atomic mass is 10.1. The number of halogens is 2. The number of benzene rings is 2. The van der Waals surface area contributed by atoms with Gasteiger partial charge in [-0.3, -0.25) is 0 Å². The number of hydrogen-bond acceptors (Lipinski definition) is 4. The Labute approximate surface area is 119 Å². The van der Waals surface area contributed by atoms with Crippen LogP contribution in [0.5, 0.6) is 0 Å². The average Bonchev–Trinajstić information content (AvgIpc) is 2.92. The molecule has 3 rings (SSSR count). The van der Waals surface area contributed by atoms with Crippen LogP contribution in [0, 0.1) is 11.6 Å². The fourth-order valence-corrected chi connectivity index (χ4v) is 1.90. The van der Waals surface area contributed by atoms with Crippen LogP contribution in [0.15, 0.2) is 47.0 Å². The molecule has 3 aromatic rings. The fraction of sp³-hybridized carbons (Fsp3) is 0.0667. The molecule has 0 saturated carbocycles. The molecule has 2 aromatic carbocycles. The lowest BCUT2D eigenvalue weighted by molar-refractivity contribution is 0.385. The second-order valence-corrected chi connectivity index (χ2v) is 4.56. The Balaban J connectivity index is 1.81. The molecule has 0 aliphatic carbocycles. The van der Waals surface area contributed by atoms with E-state index in [0.29, 0.717) is 23.0 Å². The SMILES string of the molecule is Nc1ccc(-c2noc(Cc3ccc(F)c(F)c3)n2)cc1. The van der Waals surface area contributed by atoms with Crippen LogP contribution in [-0.2, 0) is 6.42 Å². The van der Waals surface area contributed by atoms with Crippen LogP contribution < -0.4 is 5.73 Å². The maximum absolute atomic E-state index is 13.1. The number of aromatic nitrogens is 2. The molecule has 4 nitrogen and oxygen atoms in total. The molecule has 0 amide bonds. The van der Waals surface area contributed by atoms with Crippen LogP contribution in [0.2, 0.25) is 0 Å². The van der Waals surface area contributed by atoms with E-state index in [4.69, 9.17) is 10.3 Å². The highest BCUT2D eigenvalue weighted by atomic mass is 19.2. The van der Waals surface area contributed by atoms with Gasteiger partial charge in [0, 0.05) is 11.3 Å². The van der Waals surface area contributed by atoms with Crippen molar-refractivity contribution in [2.45, 2.75) is 6.42 Å².